The number of nitrogens with one attached hydrogen (secondary N) is 1. The Morgan fingerprint density at radius 3 is 2.61 bits per heavy atom. The van der Waals surface area contributed by atoms with Crippen LogP contribution in [0.25, 0.3) is 0 Å². The van der Waals surface area contributed by atoms with Crippen molar-refractivity contribution in [2.45, 2.75) is 42.8 Å². The Hall–Kier alpha value is -3.13. The molecular weight excluding hydrogens is 412 g/mol. The first-order valence-corrected chi connectivity index (χ1v) is 11.1. The monoisotopic (exact) mass is 436 g/mol. The summed E-state index contributed by atoms with van der Waals surface area (Å²) in [5.74, 6) is -0.0547. The summed E-state index contributed by atoms with van der Waals surface area (Å²) in [4.78, 5) is 27.6. The zero-order chi connectivity index (χ0) is 21.8. The van der Waals surface area contributed by atoms with Crippen LogP contribution in [0.5, 0.6) is 0 Å². The number of nitrogens with zero attached hydrogens (tertiary/aromatic N) is 3. The Morgan fingerprint density at radius 2 is 1.90 bits per heavy atom. The molecule has 7 nitrogen and oxygen atoms in total. The third-order valence-electron chi connectivity index (χ3n) is 4.89. The Morgan fingerprint density at radius 1 is 1.16 bits per heavy atom. The van der Waals surface area contributed by atoms with Crippen LogP contribution < -0.4 is 10.2 Å². The number of hydrogen-bond donors (Lipinski definition) is 1. The van der Waals surface area contributed by atoms with Gasteiger partial charge in [-0.25, -0.2) is 0 Å². The molecule has 8 heteroatoms. The summed E-state index contributed by atoms with van der Waals surface area (Å²) in [5, 5.41) is 11.1. The van der Waals surface area contributed by atoms with E-state index in [-0.39, 0.29) is 30.2 Å². The van der Waals surface area contributed by atoms with Crippen molar-refractivity contribution >= 4 is 35.3 Å². The highest BCUT2D eigenvalue weighted by molar-refractivity contribution is 7.99. The lowest BCUT2D eigenvalue weighted by Gasteiger charge is -2.15. The van der Waals surface area contributed by atoms with E-state index < -0.39 is 0 Å². The number of hydrogen-bond acceptors (Lipinski definition) is 6. The van der Waals surface area contributed by atoms with Crippen LogP contribution in [0.15, 0.2) is 63.9 Å². The van der Waals surface area contributed by atoms with Gasteiger partial charge in [0.1, 0.15) is 0 Å². The van der Waals surface area contributed by atoms with Crippen molar-refractivity contribution in [2.75, 3.05) is 16.8 Å². The molecule has 0 radical (unpaired) electrons. The minimum Gasteiger partial charge on any atom is -0.407 e. The average molecular weight is 437 g/mol. The number of benzene rings is 2. The summed E-state index contributed by atoms with van der Waals surface area (Å²) in [7, 11) is 0. The normalized spacial score (nSPS) is 16.2. The molecule has 2 amide bonds. The average Bonchev–Trinajstić information content (AvgIpc) is 3.36. The van der Waals surface area contributed by atoms with Crippen molar-refractivity contribution in [3.63, 3.8) is 0 Å². The largest absolute Gasteiger partial charge is 0.407 e. The van der Waals surface area contributed by atoms with Gasteiger partial charge in [-0.2, -0.15) is 0 Å². The first-order chi connectivity index (χ1) is 15.0. The van der Waals surface area contributed by atoms with Gasteiger partial charge in [0.2, 0.25) is 17.7 Å². The van der Waals surface area contributed by atoms with Gasteiger partial charge in [-0.3, -0.25) is 14.9 Å². The summed E-state index contributed by atoms with van der Waals surface area (Å²) in [6.07, 6.45) is 0.513. The first kappa shape index (κ1) is 21.1. The maximum absolute atomic E-state index is 12.4. The Bertz CT molecular complexity index is 1050. The van der Waals surface area contributed by atoms with Gasteiger partial charge in [-0.05, 0) is 29.8 Å². The van der Waals surface area contributed by atoms with E-state index in [9.17, 15) is 9.59 Å². The minimum absolute atomic E-state index is 0.0130. The van der Waals surface area contributed by atoms with Gasteiger partial charge in [0.15, 0.2) is 0 Å². The quantitative estimate of drug-likeness (QED) is 0.557. The van der Waals surface area contributed by atoms with E-state index in [0.717, 1.165) is 11.3 Å². The van der Waals surface area contributed by atoms with Crippen molar-refractivity contribution in [3.8, 4) is 0 Å². The van der Waals surface area contributed by atoms with E-state index >= 15 is 0 Å². The maximum atomic E-state index is 12.4. The van der Waals surface area contributed by atoms with Crippen molar-refractivity contribution in [2.24, 2.45) is 0 Å². The second-order valence-electron chi connectivity index (χ2n) is 7.72. The lowest BCUT2D eigenvalue weighted by molar-refractivity contribution is -0.117. The predicted octanol–water partition coefficient (Wildman–Crippen LogP) is 4.27. The van der Waals surface area contributed by atoms with Crippen molar-refractivity contribution in [1.82, 2.24) is 10.2 Å². The van der Waals surface area contributed by atoms with E-state index in [1.54, 1.807) is 16.7 Å². The highest BCUT2D eigenvalue weighted by Crippen LogP contribution is 2.31. The summed E-state index contributed by atoms with van der Waals surface area (Å²) in [6.45, 7) is 4.76. The number of carbonyl (C=O) groups is 2. The van der Waals surface area contributed by atoms with Gasteiger partial charge in [-0.15, -0.1) is 16.9 Å². The molecule has 1 saturated heterocycles. The first-order valence-electron chi connectivity index (χ1n) is 10.2. The molecule has 4 rings (SSSR count). The van der Waals surface area contributed by atoms with E-state index in [1.165, 1.54) is 4.90 Å². The molecule has 1 aliphatic heterocycles. The number of amides is 2. The summed E-state index contributed by atoms with van der Waals surface area (Å²) >= 11 is 1.78. The molecule has 3 aromatic rings. The molecular formula is C23H24N4O3S. The van der Waals surface area contributed by atoms with Crippen LogP contribution in [-0.2, 0) is 16.0 Å². The fraction of sp³-hybridized carbons (Fsp3) is 0.304. The highest BCUT2D eigenvalue weighted by atomic mass is 32.2. The second-order valence-corrected chi connectivity index (χ2v) is 9.37. The predicted molar refractivity (Wildman–Crippen MR) is 120 cm³/mol. The molecule has 2 aromatic carbocycles. The minimum atomic E-state index is -0.229. The van der Waals surface area contributed by atoms with Crippen LogP contribution in [0.3, 0.4) is 0 Å². The summed E-state index contributed by atoms with van der Waals surface area (Å²) in [6, 6.07) is 17.5. The molecule has 1 aromatic heterocycles. The fourth-order valence-electron chi connectivity index (χ4n) is 3.49. The zero-order valence-electron chi connectivity index (χ0n) is 17.4. The Balaban J connectivity index is 1.34. The van der Waals surface area contributed by atoms with Gasteiger partial charge in [0.05, 0.1) is 12.3 Å². The van der Waals surface area contributed by atoms with Crippen molar-refractivity contribution in [3.05, 3.63) is 66.1 Å². The molecule has 1 aliphatic rings. The Labute approximate surface area is 185 Å². The van der Waals surface area contributed by atoms with Crippen molar-refractivity contribution < 1.29 is 14.0 Å². The van der Waals surface area contributed by atoms with Gasteiger partial charge in [0.25, 0.3) is 0 Å². The molecule has 2 heterocycles. The molecule has 31 heavy (non-hydrogen) atoms. The smallest absolute Gasteiger partial charge is 0.322 e. The van der Waals surface area contributed by atoms with Crippen molar-refractivity contribution in [1.29, 1.82) is 0 Å². The fourth-order valence-corrected chi connectivity index (χ4v) is 4.32. The zero-order valence-corrected chi connectivity index (χ0v) is 18.3. The number of carbonyl (C=O) groups excluding carboxylic acids is 2. The number of para-hydroxylation sites is 1. The third-order valence-corrected chi connectivity index (χ3v) is 5.90. The number of anilines is 2. The molecule has 160 valence electrons. The van der Waals surface area contributed by atoms with Gasteiger partial charge >= 0.3 is 6.01 Å². The Kier molecular flexibility index (Phi) is 6.36. The second kappa shape index (κ2) is 9.34. The van der Waals surface area contributed by atoms with Crippen LogP contribution in [0.1, 0.15) is 37.6 Å². The van der Waals surface area contributed by atoms with Crippen LogP contribution in [0.2, 0.25) is 0 Å². The molecule has 0 spiro atoms. The van der Waals surface area contributed by atoms with E-state index in [2.05, 4.69) is 29.4 Å². The molecule has 0 aliphatic carbocycles. The standard InChI is InChI=1S/C23H24N4O3S/c1-15(2)31-19-10-8-16(9-11-19)12-20(28)24-23-26-25-22(30-23)17-13-21(29)27(14-17)18-6-4-3-5-7-18/h3-11,15,17H,12-14H2,1-2H3,(H,24,26,28). The molecule has 1 unspecified atom stereocenters. The lowest BCUT2D eigenvalue weighted by Crippen LogP contribution is -2.24. The number of thioether (sulfide) groups is 1. The van der Waals surface area contributed by atoms with E-state index in [4.69, 9.17) is 4.42 Å². The highest BCUT2D eigenvalue weighted by Gasteiger charge is 2.35. The van der Waals surface area contributed by atoms with E-state index in [1.807, 2.05) is 54.6 Å². The number of rotatable bonds is 7. The van der Waals surface area contributed by atoms with Crippen LogP contribution in [-0.4, -0.2) is 33.8 Å². The van der Waals surface area contributed by atoms with Gasteiger partial charge in [0, 0.05) is 28.8 Å². The SMILES string of the molecule is CC(C)Sc1ccc(CC(=O)Nc2nnc(C3CC(=O)N(c4ccccc4)C3)o2)cc1. The van der Waals surface area contributed by atoms with Gasteiger partial charge in [-0.1, -0.05) is 49.3 Å². The van der Waals surface area contributed by atoms with Crippen LogP contribution >= 0.6 is 11.8 Å². The molecule has 0 saturated carbocycles. The van der Waals surface area contributed by atoms with Crippen LogP contribution in [0.4, 0.5) is 11.7 Å². The maximum Gasteiger partial charge on any atom is 0.322 e. The van der Waals surface area contributed by atoms with E-state index in [0.29, 0.717) is 24.1 Å². The topological polar surface area (TPSA) is 88.3 Å². The van der Waals surface area contributed by atoms with Crippen LogP contribution in [0, 0.1) is 0 Å². The molecule has 1 atom stereocenters. The molecule has 0 bridgehead atoms. The summed E-state index contributed by atoms with van der Waals surface area (Å²) < 4.78 is 5.63. The van der Waals surface area contributed by atoms with Gasteiger partial charge < -0.3 is 9.32 Å². The number of aromatic nitrogens is 2. The molecule has 1 fully saturated rings. The third kappa shape index (κ3) is 5.32. The lowest BCUT2D eigenvalue weighted by atomic mass is 10.1. The molecule has 1 N–H and O–H groups in total. The summed E-state index contributed by atoms with van der Waals surface area (Å²) in [5.41, 5.74) is 1.76.